The summed E-state index contributed by atoms with van der Waals surface area (Å²) in [4.78, 5) is 29.6. The molecule has 0 bridgehead atoms. The zero-order valence-electron chi connectivity index (χ0n) is 18.4. The number of H-pyrrole nitrogens is 1. The van der Waals surface area contributed by atoms with Crippen molar-refractivity contribution in [3.05, 3.63) is 23.0 Å². The summed E-state index contributed by atoms with van der Waals surface area (Å²) in [5.41, 5.74) is 5.94. The first-order chi connectivity index (χ1) is 14.5. The molecule has 0 fully saturated rings. The number of aromatic nitrogens is 8. The van der Waals surface area contributed by atoms with E-state index in [0.717, 1.165) is 0 Å². The minimum atomic E-state index is -0.577. The van der Waals surface area contributed by atoms with Crippen LogP contribution in [0.1, 0.15) is 34.6 Å². The maximum atomic E-state index is 12.7. The Morgan fingerprint density at radius 2 is 1.74 bits per heavy atom. The van der Waals surface area contributed by atoms with Gasteiger partial charge in [-0.2, -0.15) is 0 Å². The second kappa shape index (κ2) is 6.93. The van der Waals surface area contributed by atoms with E-state index in [4.69, 9.17) is 10.5 Å². The molecule has 0 saturated carbocycles. The van der Waals surface area contributed by atoms with Crippen LogP contribution < -0.4 is 21.3 Å². The number of fused-ring (bicyclic) bond motifs is 2. The van der Waals surface area contributed by atoms with Gasteiger partial charge >= 0.3 is 0 Å². The van der Waals surface area contributed by atoms with Crippen molar-refractivity contribution in [2.24, 2.45) is 0 Å². The molecule has 4 aromatic heterocycles. The quantitative estimate of drug-likeness (QED) is 0.430. The van der Waals surface area contributed by atoms with Gasteiger partial charge < -0.3 is 15.8 Å². The van der Waals surface area contributed by atoms with E-state index in [1.54, 1.807) is 9.36 Å². The SMILES string of the molecule is COc1nn(C(C)(C)CNc2ncnc3c2c(=O)[nH]n3C(C)(C)C)c2ncnc(N)c12. The van der Waals surface area contributed by atoms with Gasteiger partial charge in [0.25, 0.3) is 5.56 Å². The fourth-order valence-electron chi connectivity index (χ4n) is 3.47. The molecule has 0 spiro atoms. The monoisotopic (exact) mass is 426 g/mol. The Hall–Kier alpha value is -3.70. The molecule has 12 heteroatoms. The summed E-state index contributed by atoms with van der Waals surface area (Å²) >= 11 is 0. The highest BCUT2D eigenvalue weighted by Gasteiger charge is 2.29. The van der Waals surface area contributed by atoms with E-state index in [1.165, 1.54) is 19.8 Å². The predicted octanol–water partition coefficient (Wildman–Crippen LogP) is 1.45. The molecule has 4 rings (SSSR count). The van der Waals surface area contributed by atoms with Crippen molar-refractivity contribution in [3.63, 3.8) is 0 Å². The third-order valence-corrected chi connectivity index (χ3v) is 5.07. The van der Waals surface area contributed by atoms with Crippen LogP contribution in [0.3, 0.4) is 0 Å². The minimum absolute atomic E-state index is 0.252. The average molecular weight is 426 g/mol. The number of nitrogens with zero attached hydrogens (tertiary/aromatic N) is 7. The summed E-state index contributed by atoms with van der Waals surface area (Å²) in [5.74, 6) is 1.09. The molecule has 0 aliphatic rings. The summed E-state index contributed by atoms with van der Waals surface area (Å²) in [6, 6.07) is 0. The lowest BCUT2D eigenvalue weighted by atomic mass is 10.1. The van der Waals surface area contributed by atoms with Crippen LogP contribution in [-0.2, 0) is 11.1 Å². The summed E-state index contributed by atoms with van der Waals surface area (Å²) in [7, 11) is 1.52. The fourth-order valence-corrected chi connectivity index (χ4v) is 3.47. The lowest BCUT2D eigenvalue weighted by Crippen LogP contribution is -2.35. The van der Waals surface area contributed by atoms with E-state index in [1.807, 2.05) is 34.6 Å². The smallest absolute Gasteiger partial charge is 0.277 e. The highest BCUT2D eigenvalue weighted by molar-refractivity contribution is 5.91. The molecule has 0 saturated heterocycles. The highest BCUT2D eigenvalue weighted by atomic mass is 16.5. The van der Waals surface area contributed by atoms with Crippen LogP contribution in [-0.4, -0.2) is 53.2 Å². The molecule has 31 heavy (non-hydrogen) atoms. The Morgan fingerprint density at radius 1 is 1.06 bits per heavy atom. The molecule has 0 amide bonds. The molecule has 0 radical (unpaired) electrons. The summed E-state index contributed by atoms with van der Waals surface area (Å²) in [6.45, 7) is 10.3. The predicted molar refractivity (Wildman–Crippen MR) is 117 cm³/mol. The lowest BCUT2D eigenvalue weighted by Gasteiger charge is -2.26. The maximum absolute atomic E-state index is 12.7. The van der Waals surface area contributed by atoms with Crippen LogP contribution in [0.25, 0.3) is 22.1 Å². The third-order valence-electron chi connectivity index (χ3n) is 5.07. The van der Waals surface area contributed by atoms with Gasteiger partial charge in [0.1, 0.15) is 35.1 Å². The summed E-state index contributed by atoms with van der Waals surface area (Å²) in [5, 5.41) is 11.6. The Kier molecular flexibility index (Phi) is 4.60. The molecule has 12 nitrogen and oxygen atoms in total. The van der Waals surface area contributed by atoms with Gasteiger partial charge in [0, 0.05) is 6.54 Å². The number of nitrogen functional groups attached to an aromatic ring is 1. The molecule has 0 aromatic carbocycles. The van der Waals surface area contributed by atoms with E-state index >= 15 is 0 Å². The van der Waals surface area contributed by atoms with E-state index in [2.05, 4.69) is 35.5 Å². The third kappa shape index (κ3) is 3.33. The van der Waals surface area contributed by atoms with Gasteiger partial charge in [-0.1, -0.05) is 0 Å². The summed E-state index contributed by atoms with van der Waals surface area (Å²) in [6.07, 6.45) is 2.83. The average Bonchev–Trinajstić information content (AvgIpc) is 3.26. The maximum Gasteiger partial charge on any atom is 0.277 e. The molecular formula is C19H26N10O2. The van der Waals surface area contributed by atoms with Crippen LogP contribution in [0.2, 0.25) is 0 Å². The second-order valence-electron chi connectivity index (χ2n) is 8.91. The lowest BCUT2D eigenvalue weighted by molar-refractivity contribution is 0.325. The van der Waals surface area contributed by atoms with Gasteiger partial charge in [-0.3, -0.25) is 14.6 Å². The zero-order chi connectivity index (χ0) is 22.6. The van der Waals surface area contributed by atoms with Crippen LogP contribution in [0, 0.1) is 0 Å². The van der Waals surface area contributed by atoms with E-state index < -0.39 is 5.54 Å². The number of aromatic amines is 1. The van der Waals surface area contributed by atoms with Gasteiger partial charge in [0.15, 0.2) is 11.3 Å². The van der Waals surface area contributed by atoms with Crippen LogP contribution >= 0.6 is 0 Å². The fraction of sp³-hybridized carbons (Fsp3) is 0.474. The molecule has 0 aliphatic heterocycles. The first-order valence-electron chi connectivity index (χ1n) is 9.78. The molecule has 0 atom stereocenters. The van der Waals surface area contributed by atoms with Crippen LogP contribution in [0.4, 0.5) is 11.6 Å². The van der Waals surface area contributed by atoms with Gasteiger partial charge in [0.05, 0.1) is 18.2 Å². The molecule has 0 unspecified atom stereocenters. The Labute approximate surface area is 177 Å². The highest BCUT2D eigenvalue weighted by Crippen LogP contribution is 2.31. The van der Waals surface area contributed by atoms with Crippen molar-refractivity contribution in [2.75, 3.05) is 24.7 Å². The Bertz CT molecular complexity index is 1330. The van der Waals surface area contributed by atoms with Crippen molar-refractivity contribution in [1.82, 2.24) is 39.5 Å². The minimum Gasteiger partial charge on any atom is -0.479 e. The molecule has 4 N–H and O–H groups in total. The van der Waals surface area contributed by atoms with E-state index in [0.29, 0.717) is 46.1 Å². The van der Waals surface area contributed by atoms with Crippen molar-refractivity contribution in [3.8, 4) is 5.88 Å². The molecule has 4 heterocycles. The number of rotatable bonds is 5. The van der Waals surface area contributed by atoms with Gasteiger partial charge in [-0.15, -0.1) is 5.10 Å². The number of anilines is 2. The number of nitrogens with two attached hydrogens (primary N) is 1. The number of hydrogen-bond donors (Lipinski definition) is 3. The Morgan fingerprint density at radius 3 is 2.42 bits per heavy atom. The number of hydrogen-bond acceptors (Lipinski definition) is 9. The van der Waals surface area contributed by atoms with Gasteiger partial charge in [0.2, 0.25) is 5.88 Å². The molecule has 0 aliphatic carbocycles. The number of methoxy groups -OCH3 is 1. The number of nitrogens with one attached hydrogen (secondary N) is 2. The van der Waals surface area contributed by atoms with E-state index in [-0.39, 0.29) is 11.1 Å². The van der Waals surface area contributed by atoms with Crippen molar-refractivity contribution >= 4 is 33.7 Å². The molecular weight excluding hydrogens is 400 g/mol. The van der Waals surface area contributed by atoms with Crippen molar-refractivity contribution < 1.29 is 4.74 Å². The van der Waals surface area contributed by atoms with Crippen molar-refractivity contribution in [1.29, 1.82) is 0 Å². The summed E-state index contributed by atoms with van der Waals surface area (Å²) < 4.78 is 8.85. The first kappa shape index (κ1) is 20.6. The first-order valence-corrected chi connectivity index (χ1v) is 9.78. The van der Waals surface area contributed by atoms with Gasteiger partial charge in [-0.05, 0) is 34.6 Å². The molecule has 164 valence electrons. The largest absolute Gasteiger partial charge is 0.479 e. The second-order valence-corrected chi connectivity index (χ2v) is 8.91. The van der Waals surface area contributed by atoms with Gasteiger partial charge in [-0.25, -0.2) is 24.6 Å². The van der Waals surface area contributed by atoms with Crippen molar-refractivity contribution in [2.45, 2.75) is 45.7 Å². The van der Waals surface area contributed by atoms with Crippen LogP contribution in [0.15, 0.2) is 17.4 Å². The molecule has 4 aromatic rings. The number of ether oxygens (including phenoxy) is 1. The standard InChI is InChI=1S/C19H26N10O2/c1-18(2,3)28-15-11(16(30)26-28)13(23-9-25-15)21-7-19(4,5)29-14-10(17(27-29)31-6)12(20)22-8-24-14/h8-9H,7H2,1-6H3,(H,26,30)(H2,20,22,24)(H,21,23,25). The normalized spacial score (nSPS) is 12.6. The topological polar surface area (TPSA) is 154 Å². The van der Waals surface area contributed by atoms with Crippen LogP contribution in [0.5, 0.6) is 5.88 Å². The Balaban J connectivity index is 1.73. The van der Waals surface area contributed by atoms with E-state index in [9.17, 15) is 4.79 Å². The zero-order valence-corrected chi connectivity index (χ0v) is 18.4.